The number of anilines is 1. The number of rotatable bonds is 7. The van der Waals surface area contributed by atoms with E-state index in [0.717, 1.165) is 12.0 Å². The molecule has 3 rings (SSSR count). The van der Waals surface area contributed by atoms with E-state index < -0.39 is 11.7 Å². The normalized spacial score (nSPS) is 16.8. The molecule has 1 aliphatic rings. The van der Waals surface area contributed by atoms with Crippen molar-refractivity contribution in [2.24, 2.45) is 5.92 Å². The number of likely N-dealkylation sites (tertiary alicyclic amines) is 1. The summed E-state index contributed by atoms with van der Waals surface area (Å²) in [5.74, 6) is -3.12. The van der Waals surface area contributed by atoms with Crippen molar-refractivity contribution in [2.75, 3.05) is 18.4 Å². The first-order chi connectivity index (χ1) is 13.0. The van der Waals surface area contributed by atoms with Gasteiger partial charge < -0.3 is 10.2 Å². The summed E-state index contributed by atoms with van der Waals surface area (Å²) >= 11 is 0.458. The van der Waals surface area contributed by atoms with Crippen LogP contribution >= 0.6 is 11.8 Å². The molecule has 1 saturated heterocycles. The fraction of sp³-hybridized carbons (Fsp3) is 0.300. The van der Waals surface area contributed by atoms with Crippen molar-refractivity contribution >= 4 is 29.3 Å². The van der Waals surface area contributed by atoms with Crippen LogP contribution in [0.5, 0.6) is 0 Å². The fourth-order valence-electron chi connectivity index (χ4n) is 3.04. The molecule has 0 aliphatic carbocycles. The van der Waals surface area contributed by atoms with Crippen LogP contribution in [0, 0.1) is 5.92 Å². The van der Waals surface area contributed by atoms with Gasteiger partial charge in [0.25, 0.3) is 5.76 Å². The summed E-state index contributed by atoms with van der Waals surface area (Å²) in [7, 11) is 0. The third-order valence-electron chi connectivity index (χ3n) is 4.45. The zero-order valence-corrected chi connectivity index (χ0v) is 15.4. The monoisotopic (exact) mass is 390 g/mol. The van der Waals surface area contributed by atoms with E-state index in [1.165, 1.54) is 0 Å². The number of nitrogens with zero attached hydrogens (tertiary/aromatic N) is 1. The van der Waals surface area contributed by atoms with Crippen LogP contribution in [-0.2, 0) is 16.0 Å². The van der Waals surface area contributed by atoms with Crippen LogP contribution in [0.2, 0.25) is 0 Å². The quantitative estimate of drug-likeness (QED) is 0.726. The lowest BCUT2D eigenvalue weighted by Crippen LogP contribution is -2.30. The molecule has 1 heterocycles. The molecule has 2 amide bonds. The van der Waals surface area contributed by atoms with Crippen LogP contribution in [0.25, 0.3) is 0 Å². The van der Waals surface area contributed by atoms with Gasteiger partial charge in [0.15, 0.2) is 0 Å². The highest BCUT2D eigenvalue weighted by atomic mass is 32.2. The maximum absolute atomic E-state index is 12.4. The van der Waals surface area contributed by atoms with E-state index in [4.69, 9.17) is 0 Å². The van der Waals surface area contributed by atoms with Gasteiger partial charge in [-0.25, -0.2) is 0 Å². The summed E-state index contributed by atoms with van der Waals surface area (Å²) in [5.41, 5.74) is 1.69. The Kier molecular flexibility index (Phi) is 6.45. The Morgan fingerprint density at radius 1 is 1.15 bits per heavy atom. The molecular formula is C20H20F2N2O2S. The van der Waals surface area contributed by atoms with E-state index in [0.29, 0.717) is 35.4 Å². The first-order valence-corrected chi connectivity index (χ1v) is 9.56. The van der Waals surface area contributed by atoms with E-state index in [2.05, 4.69) is 5.32 Å². The van der Waals surface area contributed by atoms with Gasteiger partial charge in [-0.1, -0.05) is 42.1 Å². The van der Waals surface area contributed by atoms with Gasteiger partial charge in [-0.2, -0.15) is 8.78 Å². The van der Waals surface area contributed by atoms with E-state index in [9.17, 15) is 18.4 Å². The lowest BCUT2D eigenvalue weighted by molar-refractivity contribution is -0.128. The number of benzene rings is 2. The average molecular weight is 390 g/mol. The predicted octanol–water partition coefficient (Wildman–Crippen LogP) is 4.03. The largest absolute Gasteiger partial charge is 0.342 e. The lowest BCUT2D eigenvalue weighted by Gasteiger charge is -2.16. The Morgan fingerprint density at radius 2 is 1.85 bits per heavy atom. The molecule has 4 nitrogen and oxygen atoms in total. The van der Waals surface area contributed by atoms with Crippen molar-refractivity contribution in [1.82, 2.24) is 4.90 Å². The minimum atomic E-state index is -2.48. The number of nitrogens with one attached hydrogen (secondary N) is 1. The van der Waals surface area contributed by atoms with Crippen LogP contribution in [0.4, 0.5) is 14.5 Å². The molecule has 1 aliphatic heterocycles. The fourth-order valence-corrected chi connectivity index (χ4v) is 3.54. The lowest BCUT2D eigenvalue weighted by atomic mass is 10.1. The molecule has 0 bridgehead atoms. The maximum atomic E-state index is 12.4. The predicted molar refractivity (Wildman–Crippen MR) is 102 cm³/mol. The molecule has 1 atom stereocenters. The Labute approximate surface area is 160 Å². The standard InChI is InChI=1S/C20H20F2N2O2S/c21-20(22)27-17-8-6-16(7-9-17)23-19(26)15-12-18(25)24(13-15)11-10-14-4-2-1-3-5-14/h1-9,15,20H,10-13H2,(H,23,26). The molecule has 0 radical (unpaired) electrons. The zero-order chi connectivity index (χ0) is 19.2. The number of amides is 2. The summed E-state index contributed by atoms with van der Waals surface area (Å²) < 4.78 is 24.7. The summed E-state index contributed by atoms with van der Waals surface area (Å²) in [6.45, 7) is 0.989. The molecular weight excluding hydrogens is 370 g/mol. The van der Waals surface area contributed by atoms with Crippen molar-refractivity contribution in [1.29, 1.82) is 0 Å². The molecule has 1 N–H and O–H groups in total. The second kappa shape index (κ2) is 8.99. The highest BCUT2D eigenvalue weighted by molar-refractivity contribution is 7.99. The number of hydrogen-bond donors (Lipinski definition) is 1. The minimum absolute atomic E-state index is 0.0187. The molecule has 142 valence electrons. The summed E-state index contributed by atoms with van der Waals surface area (Å²) in [4.78, 5) is 26.8. The first kappa shape index (κ1) is 19.4. The van der Waals surface area contributed by atoms with Crippen molar-refractivity contribution in [3.63, 3.8) is 0 Å². The molecule has 0 saturated carbocycles. The van der Waals surface area contributed by atoms with E-state index >= 15 is 0 Å². The molecule has 27 heavy (non-hydrogen) atoms. The third kappa shape index (κ3) is 5.53. The number of carbonyl (C=O) groups excluding carboxylic acids is 2. The summed E-state index contributed by atoms with van der Waals surface area (Å²) in [5, 5.41) is 2.76. The molecule has 0 aromatic heterocycles. The molecule has 7 heteroatoms. The third-order valence-corrected chi connectivity index (χ3v) is 5.17. The number of thioether (sulfide) groups is 1. The van der Waals surface area contributed by atoms with E-state index in [1.54, 1.807) is 29.2 Å². The van der Waals surface area contributed by atoms with Crippen LogP contribution < -0.4 is 5.32 Å². The minimum Gasteiger partial charge on any atom is -0.342 e. The van der Waals surface area contributed by atoms with Crippen LogP contribution in [-0.4, -0.2) is 35.6 Å². The van der Waals surface area contributed by atoms with Gasteiger partial charge in [0.05, 0.1) is 5.92 Å². The number of carbonyl (C=O) groups is 2. The highest BCUT2D eigenvalue weighted by Crippen LogP contribution is 2.27. The summed E-state index contributed by atoms with van der Waals surface area (Å²) in [6.07, 6.45) is 0.949. The van der Waals surface area contributed by atoms with Gasteiger partial charge in [-0.15, -0.1) is 0 Å². The molecule has 1 unspecified atom stereocenters. The Hall–Kier alpha value is -2.41. The van der Waals surface area contributed by atoms with Gasteiger partial charge >= 0.3 is 0 Å². The smallest absolute Gasteiger partial charge is 0.288 e. The van der Waals surface area contributed by atoms with Gasteiger partial charge in [0, 0.05) is 30.1 Å². The van der Waals surface area contributed by atoms with Crippen molar-refractivity contribution in [2.45, 2.75) is 23.5 Å². The maximum Gasteiger partial charge on any atom is 0.288 e. The van der Waals surface area contributed by atoms with Gasteiger partial charge in [-0.3, -0.25) is 9.59 Å². The van der Waals surface area contributed by atoms with Gasteiger partial charge in [0.1, 0.15) is 0 Å². The highest BCUT2D eigenvalue weighted by Gasteiger charge is 2.34. The molecule has 1 fully saturated rings. The SMILES string of the molecule is O=C(Nc1ccc(SC(F)F)cc1)C1CC(=O)N(CCc2ccccc2)C1. The van der Waals surface area contributed by atoms with E-state index in [-0.39, 0.29) is 18.2 Å². The zero-order valence-electron chi connectivity index (χ0n) is 14.6. The molecule has 2 aromatic rings. The average Bonchev–Trinajstić information content (AvgIpc) is 3.03. The van der Waals surface area contributed by atoms with E-state index in [1.807, 2.05) is 30.3 Å². The summed E-state index contributed by atoms with van der Waals surface area (Å²) in [6, 6.07) is 16.2. The van der Waals surface area contributed by atoms with Crippen molar-refractivity contribution in [3.8, 4) is 0 Å². The van der Waals surface area contributed by atoms with Crippen molar-refractivity contribution < 1.29 is 18.4 Å². The second-order valence-corrected chi connectivity index (χ2v) is 7.43. The number of halogens is 2. The van der Waals surface area contributed by atoms with Crippen molar-refractivity contribution in [3.05, 3.63) is 60.2 Å². The van der Waals surface area contributed by atoms with Gasteiger partial charge in [0.2, 0.25) is 11.8 Å². The van der Waals surface area contributed by atoms with Crippen LogP contribution in [0.15, 0.2) is 59.5 Å². The van der Waals surface area contributed by atoms with Gasteiger partial charge in [-0.05, 0) is 36.2 Å². The second-order valence-electron chi connectivity index (χ2n) is 6.37. The Morgan fingerprint density at radius 3 is 2.52 bits per heavy atom. The van der Waals surface area contributed by atoms with Crippen LogP contribution in [0.1, 0.15) is 12.0 Å². The Bertz CT molecular complexity index is 784. The topological polar surface area (TPSA) is 49.4 Å². The Balaban J connectivity index is 1.51. The molecule has 2 aromatic carbocycles. The first-order valence-electron chi connectivity index (χ1n) is 8.68. The number of hydrogen-bond acceptors (Lipinski definition) is 3. The molecule has 0 spiro atoms. The van der Waals surface area contributed by atoms with Crippen LogP contribution in [0.3, 0.4) is 0 Å². The number of alkyl halides is 2.